The fraction of sp³-hybridized carbons (Fsp3) is 0.429. The van der Waals surface area contributed by atoms with Crippen molar-refractivity contribution in [1.82, 2.24) is 14.8 Å². The van der Waals surface area contributed by atoms with Gasteiger partial charge in [0.1, 0.15) is 0 Å². The van der Waals surface area contributed by atoms with Gasteiger partial charge in [0.05, 0.1) is 12.2 Å². The van der Waals surface area contributed by atoms with Crippen LogP contribution in [0.2, 0.25) is 0 Å². The van der Waals surface area contributed by atoms with E-state index >= 15 is 0 Å². The molecule has 1 fully saturated rings. The molecule has 1 atom stereocenters. The van der Waals surface area contributed by atoms with Crippen molar-refractivity contribution in [2.45, 2.75) is 6.42 Å². The van der Waals surface area contributed by atoms with Crippen LogP contribution in [0.15, 0.2) is 54.9 Å². The van der Waals surface area contributed by atoms with Crippen LogP contribution in [0, 0.1) is 5.92 Å². The average molecular weight is 353 g/mol. The second kappa shape index (κ2) is 9.46. The van der Waals surface area contributed by atoms with Gasteiger partial charge in [-0.05, 0) is 24.1 Å². The summed E-state index contributed by atoms with van der Waals surface area (Å²) in [6.45, 7) is 4.97. The van der Waals surface area contributed by atoms with E-state index in [0.717, 1.165) is 39.1 Å². The molecule has 0 aliphatic carbocycles. The van der Waals surface area contributed by atoms with Gasteiger partial charge in [-0.25, -0.2) is 0 Å². The van der Waals surface area contributed by atoms with E-state index in [9.17, 15) is 4.79 Å². The van der Waals surface area contributed by atoms with Crippen molar-refractivity contribution in [3.63, 3.8) is 0 Å². The number of amides is 1. The quantitative estimate of drug-likeness (QED) is 0.800. The molecule has 5 heteroatoms. The number of pyridine rings is 1. The molecule has 2 aromatic rings. The zero-order chi connectivity index (χ0) is 18.2. The Morgan fingerprint density at radius 2 is 2.00 bits per heavy atom. The average Bonchev–Trinajstić information content (AvgIpc) is 2.90. The molecule has 0 N–H and O–H groups in total. The lowest BCUT2D eigenvalue weighted by Crippen LogP contribution is -2.37. The first-order valence-corrected chi connectivity index (χ1v) is 9.21. The number of carbonyl (C=O) groups excluding carboxylic acids is 1. The van der Waals surface area contributed by atoms with Crippen LogP contribution in [0.1, 0.15) is 15.9 Å². The summed E-state index contributed by atoms with van der Waals surface area (Å²) >= 11 is 0. The molecule has 1 aliphatic heterocycles. The lowest BCUT2D eigenvalue weighted by Gasteiger charge is -2.24. The van der Waals surface area contributed by atoms with Gasteiger partial charge in [-0.2, -0.15) is 0 Å². The molecule has 0 spiro atoms. The van der Waals surface area contributed by atoms with Gasteiger partial charge in [0.25, 0.3) is 5.91 Å². The zero-order valence-electron chi connectivity index (χ0n) is 15.4. The molecule has 0 bridgehead atoms. The monoisotopic (exact) mass is 353 g/mol. The first-order chi connectivity index (χ1) is 12.8. The van der Waals surface area contributed by atoms with E-state index in [1.807, 2.05) is 23.1 Å². The summed E-state index contributed by atoms with van der Waals surface area (Å²) in [5.74, 6) is 0.378. The zero-order valence-corrected chi connectivity index (χ0v) is 15.4. The first-order valence-electron chi connectivity index (χ1n) is 9.21. The minimum absolute atomic E-state index is 0.0594. The molecule has 2 heterocycles. The van der Waals surface area contributed by atoms with E-state index in [0.29, 0.717) is 18.1 Å². The lowest BCUT2D eigenvalue weighted by atomic mass is 10.1. The van der Waals surface area contributed by atoms with Crippen LogP contribution in [0.3, 0.4) is 0 Å². The van der Waals surface area contributed by atoms with E-state index in [1.165, 1.54) is 5.56 Å². The molecule has 0 saturated carbocycles. The fourth-order valence-electron chi connectivity index (χ4n) is 3.51. The Balaban J connectivity index is 1.63. The molecular formula is C21H27N3O2. The molecule has 1 aromatic carbocycles. The van der Waals surface area contributed by atoms with Crippen molar-refractivity contribution in [3.05, 3.63) is 66.0 Å². The Morgan fingerprint density at radius 3 is 2.73 bits per heavy atom. The van der Waals surface area contributed by atoms with Crippen LogP contribution < -0.4 is 0 Å². The van der Waals surface area contributed by atoms with Crippen LogP contribution in [-0.2, 0) is 11.2 Å². The number of methoxy groups -OCH3 is 1. The Morgan fingerprint density at radius 1 is 1.15 bits per heavy atom. The van der Waals surface area contributed by atoms with Gasteiger partial charge in [0.15, 0.2) is 0 Å². The van der Waals surface area contributed by atoms with Crippen molar-refractivity contribution in [2.75, 3.05) is 46.4 Å². The molecule has 5 nitrogen and oxygen atoms in total. The number of hydrogen-bond acceptors (Lipinski definition) is 4. The maximum absolute atomic E-state index is 12.8. The van der Waals surface area contributed by atoms with Crippen molar-refractivity contribution in [3.8, 4) is 0 Å². The Bertz CT molecular complexity index is 678. The van der Waals surface area contributed by atoms with E-state index in [-0.39, 0.29) is 5.91 Å². The van der Waals surface area contributed by atoms with Crippen molar-refractivity contribution in [1.29, 1.82) is 0 Å². The van der Waals surface area contributed by atoms with Gasteiger partial charge in [-0.15, -0.1) is 0 Å². The third-order valence-electron chi connectivity index (χ3n) is 4.84. The molecule has 3 rings (SSSR count). The Hall–Kier alpha value is -2.24. The van der Waals surface area contributed by atoms with Gasteiger partial charge in [-0.3, -0.25) is 9.78 Å². The van der Waals surface area contributed by atoms with Gasteiger partial charge in [0.2, 0.25) is 0 Å². The van der Waals surface area contributed by atoms with E-state index in [4.69, 9.17) is 4.74 Å². The summed E-state index contributed by atoms with van der Waals surface area (Å²) in [4.78, 5) is 21.3. The van der Waals surface area contributed by atoms with Crippen LogP contribution in [0.5, 0.6) is 0 Å². The highest BCUT2D eigenvalue weighted by atomic mass is 16.5. The summed E-state index contributed by atoms with van der Waals surface area (Å²) in [5.41, 5.74) is 2.00. The molecule has 0 unspecified atom stereocenters. The summed E-state index contributed by atoms with van der Waals surface area (Å²) < 4.78 is 5.40. The predicted molar refractivity (Wildman–Crippen MR) is 102 cm³/mol. The molecule has 1 aliphatic rings. The standard InChI is InChI=1S/C21H27N3O2/c1-26-17-19-15-23(11-9-18-6-3-2-4-7-18)12-13-24(16-19)21(25)20-8-5-10-22-14-20/h2-8,10,14,19H,9,11-13,15-17H2,1H3/t19-/m1/s1. The van der Waals surface area contributed by atoms with Crippen LogP contribution in [-0.4, -0.2) is 67.1 Å². The van der Waals surface area contributed by atoms with Crippen molar-refractivity contribution < 1.29 is 9.53 Å². The maximum atomic E-state index is 12.8. The SMILES string of the molecule is COC[C@@H]1CN(CCc2ccccc2)CCN(C(=O)c2cccnc2)C1. The summed E-state index contributed by atoms with van der Waals surface area (Å²) in [6.07, 6.45) is 4.36. The summed E-state index contributed by atoms with van der Waals surface area (Å²) in [5, 5.41) is 0. The van der Waals surface area contributed by atoms with E-state index in [2.05, 4.69) is 34.1 Å². The molecule has 26 heavy (non-hydrogen) atoms. The second-order valence-electron chi connectivity index (χ2n) is 6.85. The highest BCUT2D eigenvalue weighted by Gasteiger charge is 2.26. The number of aromatic nitrogens is 1. The number of nitrogens with zero attached hydrogens (tertiary/aromatic N) is 3. The van der Waals surface area contributed by atoms with Crippen molar-refractivity contribution in [2.24, 2.45) is 5.92 Å². The van der Waals surface area contributed by atoms with Gasteiger partial charge >= 0.3 is 0 Å². The normalized spacial score (nSPS) is 18.5. The molecule has 0 radical (unpaired) electrons. The smallest absolute Gasteiger partial charge is 0.255 e. The second-order valence-corrected chi connectivity index (χ2v) is 6.85. The topological polar surface area (TPSA) is 45.7 Å². The number of rotatable bonds is 6. The molecule has 1 saturated heterocycles. The minimum Gasteiger partial charge on any atom is -0.384 e. The summed E-state index contributed by atoms with van der Waals surface area (Å²) in [6, 6.07) is 14.2. The van der Waals surface area contributed by atoms with E-state index < -0.39 is 0 Å². The number of hydrogen-bond donors (Lipinski definition) is 0. The molecular weight excluding hydrogens is 326 g/mol. The molecule has 1 amide bonds. The van der Waals surface area contributed by atoms with Gasteiger partial charge in [0, 0.05) is 58.1 Å². The van der Waals surface area contributed by atoms with Crippen LogP contribution in [0.25, 0.3) is 0 Å². The van der Waals surface area contributed by atoms with Gasteiger partial charge in [-0.1, -0.05) is 30.3 Å². The van der Waals surface area contributed by atoms with Crippen LogP contribution in [0.4, 0.5) is 0 Å². The third-order valence-corrected chi connectivity index (χ3v) is 4.84. The highest BCUT2D eigenvalue weighted by Crippen LogP contribution is 2.14. The maximum Gasteiger partial charge on any atom is 0.255 e. The Kier molecular flexibility index (Phi) is 6.75. The first kappa shape index (κ1) is 18.5. The number of carbonyl (C=O) groups is 1. The number of benzene rings is 1. The highest BCUT2D eigenvalue weighted by molar-refractivity contribution is 5.93. The fourth-order valence-corrected chi connectivity index (χ4v) is 3.51. The van der Waals surface area contributed by atoms with E-state index in [1.54, 1.807) is 19.5 Å². The molecule has 1 aromatic heterocycles. The van der Waals surface area contributed by atoms with Crippen LogP contribution >= 0.6 is 0 Å². The van der Waals surface area contributed by atoms with Crippen molar-refractivity contribution >= 4 is 5.91 Å². The predicted octanol–water partition coefficient (Wildman–Crippen LogP) is 2.34. The summed E-state index contributed by atoms with van der Waals surface area (Å²) in [7, 11) is 1.73. The minimum atomic E-state index is 0.0594. The molecule has 138 valence electrons. The Labute approximate surface area is 155 Å². The van der Waals surface area contributed by atoms with Gasteiger partial charge < -0.3 is 14.5 Å². The third kappa shape index (κ3) is 5.13. The lowest BCUT2D eigenvalue weighted by molar-refractivity contribution is 0.0706. The number of ether oxygens (including phenoxy) is 1. The largest absolute Gasteiger partial charge is 0.384 e.